The normalized spacial score (nSPS) is 19.1. The third kappa shape index (κ3) is 3.86. The van der Waals surface area contributed by atoms with E-state index in [9.17, 15) is 9.59 Å². The fraction of sp³-hybridized carbons (Fsp3) is 0.500. The van der Waals surface area contributed by atoms with Crippen LogP contribution in [0.4, 0.5) is 0 Å². The first-order valence-electron chi connectivity index (χ1n) is 10.4. The third-order valence-electron chi connectivity index (χ3n) is 5.87. The van der Waals surface area contributed by atoms with Gasteiger partial charge in [-0.05, 0) is 50.3 Å². The number of nitrogens with zero attached hydrogens (tertiary/aromatic N) is 3. The van der Waals surface area contributed by atoms with E-state index in [4.69, 9.17) is 14.0 Å². The summed E-state index contributed by atoms with van der Waals surface area (Å²) in [7, 11) is 3.14. The molecule has 1 aromatic carbocycles. The Labute approximate surface area is 175 Å². The summed E-state index contributed by atoms with van der Waals surface area (Å²) in [6.45, 7) is 2.11. The van der Waals surface area contributed by atoms with Gasteiger partial charge in [0.15, 0.2) is 11.5 Å². The number of likely N-dealkylation sites (tertiary alicyclic amines) is 2. The van der Waals surface area contributed by atoms with Crippen molar-refractivity contribution in [2.75, 3.05) is 33.9 Å². The maximum Gasteiger partial charge on any atom is 0.276 e. The fourth-order valence-corrected chi connectivity index (χ4v) is 4.24. The van der Waals surface area contributed by atoms with Crippen LogP contribution >= 0.6 is 0 Å². The fourth-order valence-electron chi connectivity index (χ4n) is 4.24. The summed E-state index contributed by atoms with van der Waals surface area (Å²) >= 11 is 0. The largest absolute Gasteiger partial charge is 0.497 e. The number of aromatic nitrogens is 1. The number of amides is 2. The van der Waals surface area contributed by atoms with Gasteiger partial charge >= 0.3 is 0 Å². The quantitative estimate of drug-likeness (QED) is 0.749. The molecule has 0 bridgehead atoms. The monoisotopic (exact) mass is 413 g/mol. The van der Waals surface area contributed by atoms with Gasteiger partial charge in [-0.25, -0.2) is 0 Å². The summed E-state index contributed by atoms with van der Waals surface area (Å²) < 4.78 is 16.2. The predicted octanol–water partition coefficient (Wildman–Crippen LogP) is 2.98. The molecule has 0 saturated carbocycles. The molecule has 8 heteroatoms. The molecule has 2 amide bonds. The minimum Gasteiger partial charge on any atom is -0.497 e. The van der Waals surface area contributed by atoms with Crippen LogP contribution in [0.5, 0.6) is 11.5 Å². The summed E-state index contributed by atoms with van der Waals surface area (Å²) in [5, 5.41) is 4.00. The lowest BCUT2D eigenvalue weighted by Crippen LogP contribution is -2.52. The maximum atomic E-state index is 13.2. The van der Waals surface area contributed by atoms with Crippen LogP contribution in [0.3, 0.4) is 0 Å². The zero-order valence-electron chi connectivity index (χ0n) is 17.4. The second-order valence-corrected chi connectivity index (χ2v) is 7.69. The van der Waals surface area contributed by atoms with Gasteiger partial charge in [-0.1, -0.05) is 5.16 Å². The van der Waals surface area contributed by atoms with E-state index in [1.54, 1.807) is 43.4 Å². The Morgan fingerprint density at radius 3 is 2.53 bits per heavy atom. The van der Waals surface area contributed by atoms with Crippen molar-refractivity contribution in [3.8, 4) is 22.8 Å². The van der Waals surface area contributed by atoms with Crippen molar-refractivity contribution in [3.05, 3.63) is 30.0 Å². The van der Waals surface area contributed by atoms with Crippen molar-refractivity contribution < 1.29 is 23.6 Å². The van der Waals surface area contributed by atoms with Crippen molar-refractivity contribution >= 4 is 11.8 Å². The lowest BCUT2D eigenvalue weighted by atomic mass is 10.00. The van der Waals surface area contributed by atoms with Crippen LogP contribution in [-0.4, -0.2) is 66.7 Å². The van der Waals surface area contributed by atoms with E-state index in [-0.39, 0.29) is 17.5 Å². The number of carbonyl (C=O) groups is 2. The number of hydrogen-bond acceptors (Lipinski definition) is 6. The van der Waals surface area contributed by atoms with E-state index in [0.717, 1.165) is 38.8 Å². The standard InChI is InChI=1S/C22H27N3O5/c1-28-15-8-9-19(29-2)16(13-15)20-14-17(23-30-20)21(26)25-12-4-3-7-18(25)22(27)24-10-5-6-11-24/h8-9,13-14,18H,3-7,10-12H2,1-2H3/t18-/m0/s1. The van der Waals surface area contributed by atoms with Crippen molar-refractivity contribution in [1.82, 2.24) is 15.0 Å². The van der Waals surface area contributed by atoms with Gasteiger partial charge in [0.1, 0.15) is 17.5 Å². The Hall–Kier alpha value is -3.03. The molecule has 3 heterocycles. The Bertz CT molecular complexity index is 919. The van der Waals surface area contributed by atoms with E-state index in [1.807, 2.05) is 4.90 Å². The van der Waals surface area contributed by atoms with Crippen molar-refractivity contribution in [3.63, 3.8) is 0 Å². The first-order chi connectivity index (χ1) is 14.6. The Kier molecular flexibility index (Phi) is 5.92. The first kappa shape index (κ1) is 20.3. The van der Waals surface area contributed by atoms with Crippen molar-refractivity contribution in [2.24, 2.45) is 0 Å². The topological polar surface area (TPSA) is 85.1 Å². The molecule has 0 spiro atoms. The summed E-state index contributed by atoms with van der Waals surface area (Å²) in [5.74, 6) is 1.42. The van der Waals surface area contributed by atoms with Crippen LogP contribution in [0.25, 0.3) is 11.3 Å². The summed E-state index contributed by atoms with van der Waals surface area (Å²) in [6, 6.07) is 6.51. The van der Waals surface area contributed by atoms with Crippen LogP contribution in [-0.2, 0) is 4.79 Å². The third-order valence-corrected chi connectivity index (χ3v) is 5.87. The van der Waals surface area contributed by atoms with Gasteiger partial charge in [-0.3, -0.25) is 9.59 Å². The van der Waals surface area contributed by atoms with Gasteiger partial charge in [-0.2, -0.15) is 0 Å². The summed E-state index contributed by atoms with van der Waals surface area (Å²) in [4.78, 5) is 29.8. The Morgan fingerprint density at radius 1 is 1.03 bits per heavy atom. The first-order valence-corrected chi connectivity index (χ1v) is 10.4. The van der Waals surface area contributed by atoms with Gasteiger partial charge in [0.2, 0.25) is 5.91 Å². The van der Waals surface area contributed by atoms with E-state index >= 15 is 0 Å². The second-order valence-electron chi connectivity index (χ2n) is 7.69. The molecule has 0 radical (unpaired) electrons. The number of carbonyl (C=O) groups excluding carboxylic acids is 2. The van der Waals surface area contributed by atoms with Crippen molar-refractivity contribution in [1.29, 1.82) is 0 Å². The molecule has 8 nitrogen and oxygen atoms in total. The maximum absolute atomic E-state index is 13.2. The van der Waals surface area contributed by atoms with Gasteiger partial charge in [-0.15, -0.1) is 0 Å². The molecule has 2 aliphatic rings. The Morgan fingerprint density at radius 2 is 1.80 bits per heavy atom. The molecule has 4 rings (SSSR count). The van der Waals surface area contributed by atoms with Crippen LogP contribution < -0.4 is 9.47 Å². The average molecular weight is 413 g/mol. The van der Waals surface area contributed by atoms with Gasteiger partial charge in [0.05, 0.1) is 19.8 Å². The summed E-state index contributed by atoms with van der Waals surface area (Å²) in [6.07, 6.45) is 4.57. The summed E-state index contributed by atoms with van der Waals surface area (Å²) in [5.41, 5.74) is 0.836. The molecule has 0 unspecified atom stereocenters. The van der Waals surface area contributed by atoms with Gasteiger partial charge < -0.3 is 23.8 Å². The molecule has 2 saturated heterocycles. The molecule has 2 aliphatic heterocycles. The zero-order valence-corrected chi connectivity index (χ0v) is 17.4. The highest BCUT2D eigenvalue weighted by atomic mass is 16.5. The van der Waals surface area contributed by atoms with Gasteiger partial charge in [0.25, 0.3) is 5.91 Å². The lowest BCUT2D eigenvalue weighted by Gasteiger charge is -2.36. The van der Waals surface area contributed by atoms with E-state index < -0.39 is 6.04 Å². The Balaban J connectivity index is 1.58. The molecule has 2 aromatic rings. The number of rotatable bonds is 5. The average Bonchev–Trinajstić information content (AvgIpc) is 3.50. The number of methoxy groups -OCH3 is 2. The molecule has 1 atom stereocenters. The molecular weight excluding hydrogens is 386 g/mol. The van der Waals surface area contributed by atoms with Crippen LogP contribution in [0.15, 0.2) is 28.8 Å². The molecule has 0 aliphatic carbocycles. The minimum atomic E-state index is -0.421. The van der Waals surface area contributed by atoms with Gasteiger partial charge in [0, 0.05) is 25.7 Å². The van der Waals surface area contributed by atoms with Crippen LogP contribution in [0.1, 0.15) is 42.6 Å². The van der Waals surface area contributed by atoms with Crippen LogP contribution in [0.2, 0.25) is 0 Å². The number of hydrogen-bond donors (Lipinski definition) is 0. The predicted molar refractivity (Wildman–Crippen MR) is 110 cm³/mol. The minimum absolute atomic E-state index is 0.0544. The number of piperidine rings is 1. The highest BCUT2D eigenvalue weighted by Gasteiger charge is 2.37. The smallest absolute Gasteiger partial charge is 0.276 e. The zero-order chi connectivity index (χ0) is 21.1. The van der Waals surface area contributed by atoms with Crippen LogP contribution in [0, 0.1) is 0 Å². The molecule has 160 valence electrons. The molecule has 1 aromatic heterocycles. The van der Waals surface area contributed by atoms with E-state index in [1.165, 1.54) is 0 Å². The number of ether oxygens (including phenoxy) is 2. The molecule has 30 heavy (non-hydrogen) atoms. The number of benzene rings is 1. The second kappa shape index (κ2) is 8.77. The van der Waals surface area contributed by atoms with Crippen molar-refractivity contribution in [2.45, 2.75) is 38.1 Å². The van der Waals surface area contributed by atoms with E-state index in [2.05, 4.69) is 5.16 Å². The highest BCUT2D eigenvalue weighted by molar-refractivity contribution is 5.97. The molecule has 2 fully saturated rings. The SMILES string of the molecule is COc1ccc(OC)c(-c2cc(C(=O)N3CCCC[C@H]3C(=O)N3CCCC3)no2)c1. The lowest BCUT2D eigenvalue weighted by molar-refractivity contribution is -0.136. The molecule has 0 N–H and O–H groups in total. The molecular formula is C22H27N3O5. The highest BCUT2D eigenvalue weighted by Crippen LogP contribution is 2.34. The van der Waals surface area contributed by atoms with E-state index in [0.29, 0.717) is 35.8 Å².